The minimum Gasteiger partial charge on any atom is -0.332 e. The quantitative estimate of drug-likeness (QED) is 0.508. The summed E-state index contributed by atoms with van der Waals surface area (Å²) in [6.45, 7) is 2.39. The predicted molar refractivity (Wildman–Crippen MR) is 103 cm³/mol. The Hall–Kier alpha value is -2.84. The highest BCUT2D eigenvalue weighted by Crippen LogP contribution is 2.23. The van der Waals surface area contributed by atoms with Gasteiger partial charge in [-0.2, -0.15) is 10.1 Å². The van der Waals surface area contributed by atoms with Crippen molar-refractivity contribution in [3.8, 4) is 23.0 Å². The Labute approximate surface area is 163 Å². The van der Waals surface area contributed by atoms with Gasteiger partial charge in [0.2, 0.25) is 5.82 Å². The number of nitrogens with zero attached hydrogens (tertiary/aromatic N) is 5. The van der Waals surface area contributed by atoms with Crippen LogP contribution in [0.3, 0.4) is 0 Å². The maximum absolute atomic E-state index is 12.2. The summed E-state index contributed by atoms with van der Waals surface area (Å²) in [5, 5.41) is 9.94. The molecule has 0 amide bonds. The maximum Gasteiger partial charge on any atom is 0.278 e. The number of rotatable bonds is 5. The van der Waals surface area contributed by atoms with E-state index >= 15 is 0 Å². The fraction of sp³-hybridized carbons (Fsp3) is 0.167. The summed E-state index contributed by atoms with van der Waals surface area (Å²) in [6.07, 6.45) is 2.63. The first-order chi connectivity index (χ1) is 13.1. The van der Waals surface area contributed by atoms with Crippen LogP contribution in [-0.4, -0.2) is 24.9 Å². The number of hydrogen-bond acceptors (Lipinski definition) is 7. The average Bonchev–Trinajstić information content (AvgIpc) is 3.33. The molecule has 0 radical (unpaired) electrons. The van der Waals surface area contributed by atoms with Crippen molar-refractivity contribution in [2.24, 2.45) is 0 Å². The maximum atomic E-state index is 12.2. The molecule has 1 aromatic carbocycles. The second-order valence-electron chi connectivity index (χ2n) is 5.72. The molecule has 0 saturated carbocycles. The van der Waals surface area contributed by atoms with Crippen LogP contribution in [-0.2, 0) is 13.0 Å². The molecule has 0 fully saturated rings. The van der Waals surface area contributed by atoms with Crippen molar-refractivity contribution in [3.05, 3.63) is 67.9 Å². The van der Waals surface area contributed by atoms with E-state index in [2.05, 4.69) is 20.2 Å². The highest BCUT2D eigenvalue weighted by molar-refractivity contribution is 7.11. The molecule has 0 bridgehead atoms. The molecule has 27 heavy (non-hydrogen) atoms. The number of thiazole rings is 1. The molecule has 9 heteroatoms. The highest BCUT2D eigenvalue weighted by Gasteiger charge is 2.14. The van der Waals surface area contributed by atoms with E-state index < -0.39 is 0 Å². The van der Waals surface area contributed by atoms with Gasteiger partial charge in [0.05, 0.1) is 11.6 Å². The third kappa shape index (κ3) is 3.81. The van der Waals surface area contributed by atoms with Crippen molar-refractivity contribution in [2.75, 3.05) is 0 Å². The van der Waals surface area contributed by atoms with Gasteiger partial charge in [0, 0.05) is 27.7 Å². The largest absolute Gasteiger partial charge is 0.332 e. The average molecular weight is 400 g/mol. The Bertz CT molecular complexity index is 1150. The molecule has 0 aliphatic rings. The van der Waals surface area contributed by atoms with E-state index in [1.807, 2.05) is 19.1 Å². The van der Waals surface area contributed by atoms with Crippen LogP contribution >= 0.6 is 22.9 Å². The molecule has 0 atom stereocenters. The Morgan fingerprint density at radius 1 is 1.26 bits per heavy atom. The van der Waals surface area contributed by atoms with Gasteiger partial charge in [0.15, 0.2) is 0 Å². The molecular formula is C18H14ClN5O2S. The van der Waals surface area contributed by atoms with Gasteiger partial charge >= 0.3 is 0 Å². The minimum atomic E-state index is -0.209. The lowest BCUT2D eigenvalue weighted by Gasteiger charge is -2.02. The molecule has 0 aliphatic carbocycles. The molecule has 0 N–H and O–H groups in total. The number of aryl methyl sites for hydroxylation is 1. The van der Waals surface area contributed by atoms with E-state index in [9.17, 15) is 4.79 Å². The summed E-state index contributed by atoms with van der Waals surface area (Å²) < 4.78 is 6.69. The summed E-state index contributed by atoms with van der Waals surface area (Å²) in [5.74, 6) is 0.638. The highest BCUT2D eigenvalue weighted by atomic mass is 35.5. The molecule has 3 heterocycles. The Morgan fingerprint density at radius 3 is 2.93 bits per heavy atom. The van der Waals surface area contributed by atoms with Crippen molar-refractivity contribution in [3.63, 3.8) is 0 Å². The van der Waals surface area contributed by atoms with Crippen LogP contribution in [0, 0.1) is 0 Å². The molecule has 0 spiro atoms. The third-order valence-electron chi connectivity index (χ3n) is 3.80. The zero-order valence-electron chi connectivity index (χ0n) is 14.3. The summed E-state index contributed by atoms with van der Waals surface area (Å²) in [4.78, 5) is 21.8. The van der Waals surface area contributed by atoms with Crippen LogP contribution < -0.4 is 5.56 Å². The van der Waals surface area contributed by atoms with Crippen molar-refractivity contribution >= 4 is 22.9 Å². The SMILES string of the molecule is CCc1ncc(Cn2nc(-c3nc(-c4cccc(Cl)c4)no3)ccc2=O)s1. The minimum absolute atomic E-state index is 0.209. The summed E-state index contributed by atoms with van der Waals surface area (Å²) in [6, 6.07) is 10.2. The standard InChI is InChI=1S/C18H14ClN5O2S/c1-2-15-20-9-13(27-15)10-24-16(25)7-6-14(22-24)18-21-17(23-26-18)11-4-3-5-12(19)8-11/h3-9H,2,10H2,1H3. The smallest absolute Gasteiger partial charge is 0.278 e. The van der Waals surface area contributed by atoms with Gasteiger partial charge in [-0.1, -0.05) is 35.8 Å². The molecule has 4 rings (SSSR count). The van der Waals surface area contributed by atoms with Crippen LogP contribution in [0.1, 0.15) is 16.8 Å². The van der Waals surface area contributed by atoms with Gasteiger partial charge in [0.1, 0.15) is 5.69 Å². The summed E-state index contributed by atoms with van der Waals surface area (Å²) >= 11 is 7.57. The van der Waals surface area contributed by atoms with Crippen LogP contribution in [0.4, 0.5) is 0 Å². The molecule has 7 nitrogen and oxygen atoms in total. The molecule has 136 valence electrons. The van der Waals surface area contributed by atoms with Crippen LogP contribution in [0.2, 0.25) is 5.02 Å². The molecular weight excluding hydrogens is 386 g/mol. The predicted octanol–water partition coefficient (Wildman–Crippen LogP) is 3.68. The van der Waals surface area contributed by atoms with Gasteiger partial charge in [-0.3, -0.25) is 4.79 Å². The molecule has 0 saturated heterocycles. The van der Waals surface area contributed by atoms with E-state index in [1.54, 1.807) is 35.7 Å². The molecule has 0 aliphatic heterocycles. The lowest BCUT2D eigenvalue weighted by Crippen LogP contribution is -2.22. The van der Waals surface area contributed by atoms with Gasteiger partial charge < -0.3 is 4.52 Å². The fourth-order valence-corrected chi connectivity index (χ4v) is 3.52. The molecule has 3 aromatic heterocycles. The number of halogens is 1. The van der Waals surface area contributed by atoms with E-state index in [4.69, 9.17) is 16.1 Å². The van der Waals surface area contributed by atoms with Crippen LogP contribution in [0.25, 0.3) is 23.0 Å². The second-order valence-corrected chi connectivity index (χ2v) is 7.36. The van der Waals surface area contributed by atoms with Gasteiger partial charge in [-0.25, -0.2) is 9.67 Å². The normalized spacial score (nSPS) is 11.0. The number of hydrogen-bond donors (Lipinski definition) is 0. The van der Waals surface area contributed by atoms with E-state index in [1.165, 1.54) is 10.7 Å². The van der Waals surface area contributed by atoms with E-state index in [-0.39, 0.29) is 11.4 Å². The van der Waals surface area contributed by atoms with Crippen LogP contribution in [0.5, 0.6) is 0 Å². The van der Waals surface area contributed by atoms with Crippen molar-refractivity contribution in [1.82, 2.24) is 24.9 Å². The van der Waals surface area contributed by atoms with Crippen molar-refractivity contribution < 1.29 is 4.52 Å². The fourth-order valence-electron chi connectivity index (χ4n) is 2.48. The summed E-state index contributed by atoms with van der Waals surface area (Å²) in [5.41, 5.74) is 0.956. The number of benzene rings is 1. The molecule has 4 aromatic rings. The Morgan fingerprint density at radius 2 is 2.15 bits per heavy atom. The first kappa shape index (κ1) is 17.6. The zero-order valence-corrected chi connectivity index (χ0v) is 15.9. The van der Waals surface area contributed by atoms with E-state index in [0.717, 1.165) is 21.9 Å². The Kier molecular flexibility index (Phi) is 4.83. The van der Waals surface area contributed by atoms with Gasteiger partial charge in [-0.15, -0.1) is 11.3 Å². The lowest BCUT2D eigenvalue weighted by atomic mass is 10.2. The lowest BCUT2D eigenvalue weighted by molar-refractivity contribution is 0.429. The van der Waals surface area contributed by atoms with Gasteiger partial charge in [0.25, 0.3) is 11.4 Å². The van der Waals surface area contributed by atoms with E-state index in [0.29, 0.717) is 23.1 Å². The first-order valence-corrected chi connectivity index (χ1v) is 9.43. The molecule has 0 unspecified atom stereocenters. The van der Waals surface area contributed by atoms with Crippen LogP contribution in [0.15, 0.2) is 51.9 Å². The third-order valence-corrected chi connectivity index (χ3v) is 5.17. The second kappa shape index (κ2) is 7.42. The number of aromatic nitrogens is 5. The van der Waals surface area contributed by atoms with Crippen molar-refractivity contribution in [2.45, 2.75) is 19.9 Å². The summed E-state index contributed by atoms with van der Waals surface area (Å²) in [7, 11) is 0. The Balaban J connectivity index is 1.64. The zero-order chi connectivity index (χ0) is 18.8. The topological polar surface area (TPSA) is 86.7 Å². The monoisotopic (exact) mass is 399 g/mol. The first-order valence-electron chi connectivity index (χ1n) is 8.24. The van der Waals surface area contributed by atoms with Crippen molar-refractivity contribution in [1.29, 1.82) is 0 Å². The van der Waals surface area contributed by atoms with Gasteiger partial charge in [-0.05, 0) is 24.6 Å².